The monoisotopic (exact) mass is 414 g/mol. The molecule has 30 heavy (non-hydrogen) atoms. The van der Waals surface area contributed by atoms with Gasteiger partial charge in [0.1, 0.15) is 0 Å². The average Bonchev–Trinajstić information content (AvgIpc) is 3.32. The maximum Gasteiger partial charge on any atom is 0.325 e. The van der Waals surface area contributed by atoms with E-state index in [1.165, 1.54) is 5.69 Å². The topological polar surface area (TPSA) is 84.8 Å². The average molecular weight is 415 g/mol. The van der Waals surface area contributed by atoms with E-state index in [-0.39, 0.29) is 18.5 Å². The van der Waals surface area contributed by atoms with Gasteiger partial charge in [-0.15, -0.1) is 0 Å². The minimum atomic E-state index is -0.568. The van der Waals surface area contributed by atoms with Crippen molar-refractivity contribution in [1.29, 1.82) is 0 Å². The number of likely N-dealkylation sites (tertiary alicyclic amines) is 1. The van der Waals surface area contributed by atoms with Crippen molar-refractivity contribution < 1.29 is 19.1 Å². The summed E-state index contributed by atoms with van der Waals surface area (Å²) in [6.45, 7) is 5.78. The summed E-state index contributed by atoms with van der Waals surface area (Å²) in [6.07, 6.45) is 4.04. The Morgan fingerprint density at radius 3 is 2.60 bits per heavy atom. The molecule has 3 rings (SSSR count). The molecule has 1 aromatic carbocycles. The van der Waals surface area contributed by atoms with Crippen LogP contribution in [0.5, 0.6) is 11.5 Å². The molecule has 1 aliphatic heterocycles. The number of aryl methyl sites for hydroxylation is 1. The van der Waals surface area contributed by atoms with Crippen molar-refractivity contribution in [3.8, 4) is 11.5 Å². The molecule has 0 saturated carbocycles. The van der Waals surface area contributed by atoms with E-state index in [2.05, 4.69) is 26.2 Å². The van der Waals surface area contributed by atoms with E-state index in [1.54, 1.807) is 18.2 Å². The number of benzene rings is 1. The summed E-state index contributed by atoms with van der Waals surface area (Å²) in [6, 6.07) is 8.84. The molecule has 0 radical (unpaired) electrons. The largest absolute Gasteiger partial charge is 0.490 e. The molecule has 1 atom stereocenters. The first-order valence-corrected chi connectivity index (χ1v) is 10.4. The van der Waals surface area contributed by atoms with Crippen LogP contribution in [0.4, 0.5) is 10.5 Å². The van der Waals surface area contributed by atoms with E-state index in [0.717, 1.165) is 19.4 Å². The third kappa shape index (κ3) is 5.33. The Labute approximate surface area is 177 Å². The Balaban J connectivity index is 1.56. The number of hydrogen-bond donors (Lipinski definition) is 2. The molecular weight excluding hydrogens is 384 g/mol. The molecule has 1 fully saturated rings. The second-order valence-corrected chi connectivity index (χ2v) is 7.20. The van der Waals surface area contributed by atoms with Gasteiger partial charge in [0.15, 0.2) is 11.5 Å². The molecule has 0 unspecified atom stereocenters. The van der Waals surface area contributed by atoms with Gasteiger partial charge in [0.2, 0.25) is 5.91 Å². The molecule has 162 valence electrons. The molecule has 0 spiro atoms. The first-order valence-electron chi connectivity index (χ1n) is 10.4. The fraction of sp³-hybridized carbons (Fsp3) is 0.455. The number of carbonyl (C=O) groups is 2. The second-order valence-electron chi connectivity index (χ2n) is 7.20. The Kier molecular flexibility index (Phi) is 7.35. The lowest BCUT2D eigenvalue weighted by Crippen LogP contribution is -2.41. The molecule has 8 heteroatoms. The standard InChI is InChI=1S/C22H30N4O4/c1-4-29-19-11-10-16(14-20(19)30-5-2)23-22(28)24-21(27)15-26-13-7-9-18(26)17-8-6-12-25(17)3/h6,8,10-12,14,18H,4-5,7,9,13,15H2,1-3H3,(H2,23,24,27,28)/t18-/m0/s1. The molecule has 2 heterocycles. The number of anilines is 1. The molecule has 1 saturated heterocycles. The highest BCUT2D eigenvalue weighted by atomic mass is 16.5. The van der Waals surface area contributed by atoms with Gasteiger partial charge < -0.3 is 19.4 Å². The predicted molar refractivity (Wildman–Crippen MR) is 115 cm³/mol. The fourth-order valence-electron chi connectivity index (χ4n) is 3.81. The van der Waals surface area contributed by atoms with Crippen LogP contribution in [-0.4, -0.2) is 47.7 Å². The quantitative estimate of drug-likeness (QED) is 0.692. The first kappa shape index (κ1) is 21.7. The van der Waals surface area contributed by atoms with Crippen LogP contribution in [0.25, 0.3) is 0 Å². The highest BCUT2D eigenvalue weighted by molar-refractivity contribution is 6.01. The van der Waals surface area contributed by atoms with Crippen molar-refractivity contribution in [1.82, 2.24) is 14.8 Å². The first-order chi connectivity index (χ1) is 14.5. The van der Waals surface area contributed by atoms with Crippen LogP contribution in [0.3, 0.4) is 0 Å². The summed E-state index contributed by atoms with van der Waals surface area (Å²) < 4.78 is 13.2. The fourth-order valence-corrected chi connectivity index (χ4v) is 3.81. The summed E-state index contributed by atoms with van der Waals surface area (Å²) >= 11 is 0. The number of nitrogens with one attached hydrogen (secondary N) is 2. The van der Waals surface area contributed by atoms with Crippen LogP contribution in [0.2, 0.25) is 0 Å². The summed E-state index contributed by atoms with van der Waals surface area (Å²) in [4.78, 5) is 26.9. The molecule has 3 amide bonds. The number of nitrogens with zero attached hydrogens (tertiary/aromatic N) is 2. The molecule has 0 aliphatic carbocycles. The van der Waals surface area contributed by atoms with Gasteiger partial charge in [-0.05, 0) is 57.5 Å². The number of imide groups is 1. The van der Waals surface area contributed by atoms with E-state index in [9.17, 15) is 9.59 Å². The van der Waals surface area contributed by atoms with Gasteiger partial charge in [-0.1, -0.05) is 0 Å². The molecule has 1 aromatic heterocycles. The van der Waals surface area contributed by atoms with Crippen LogP contribution >= 0.6 is 0 Å². The predicted octanol–water partition coefficient (Wildman–Crippen LogP) is 3.31. The highest BCUT2D eigenvalue weighted by Crippen LogP contribution is 2.32. The maximum atomic E-state index is 12.4. The minimum absolute atomic E-state index is 0.177. The van der Waals surface area contributed by atoms with Crippen LogP contribution in [0, 0.1) is 0 Å². The molecule has 8 nitrogen and oxygen atoms in total. The Morgan fingerprint density at radius 1 is 1.13 bits per heavy atom. The maximum absolute atomic E-state index is 12.4. The van der Waals surface area contributed by atoms with Gasteiger partial charge in [-0.3, -0.25) is 15.0 Å². The highest BCUT2D eigenvalue weighted by Gasteiger charge is 2.29. The number of urea groups is 1. The van der Waals surface area contributed by atoms with E-state index in [1.807, 2.05) is 33.2 Å². The van der Waals surface area contributed by atoms with Crippen LogP contribution in [0.15, 0.2) is 36.5 Å². The van der Waals surface area contributed by atoms with Crippen LogP contribution in [-0.2, 0) is 11.8 Å². The molecular formula is C22H30N4O4. The SMILES string of the molecule is CCOc1ccc(NC(=O)NC(=O)CN2CCC[C@H]2c2cccn2C)cc1OCC. The van der Waals surface area contributed by atoms with Crippen molar-refractivity contribution >= 4 is 17.6 Å². The summed E-state index contributed by atoms with van der Waals surface area (Å²) in [5.74, 6) is 0.831. The van der Waals surface area contributed by atoms with Crippen molar-refractivity contribution in [2.24, 2.45) is 7.05 Å². The summed E-state index contributed by atoms with van der Waals surface area (Å²) in [5, 5.41) is 5.10. The third-order valence-electron chi connectivity index (χ3n) is 5.09. The van der Waals surface area contributed by atoms with Crippen LogP contribution in [0.1, 0.15) is 38.4 Å². The van der Waals surface area contributed by atoms with Gasteiger partial charge in [0, 0.05) is 30.7 Å². The van der Waals surface area contributed by atoms with Gasteiger partial charge >= 0.3 is 6.03 Å². The Bertz CT molecular complexity index is 880. The summed E-state index contributed by atoms with van der Waals surface area (Å²) in [5.41, 5.74) is 1.71. The van der Waals surface area contributed by atoms with Crippen LogP contribution < -0.4 is 20.1 Å². The zero-order chi connectivity index (χ0) is 21.5. The lowest BCUT2D eigenvalue weighted by atomic mass is 10.1. The van der Waals surface area contributed by atoms with Gasteiger partial charge in [0.25, 0.3) is 0 Å². The van der Waals surface area contributed by atoms with Crippen molar-refractivity contribution in [3.63, 3.8) is 0 Å². The molecule has 2 aromatic rings. The van der Waals surface area contributed by atoms with Gasteiger partial charge in [-0.2, -0.15) is 0 Å². The van der Waals surface area contributed by atoms with Gasteiger partial charge in [0.05, 0.1) is 25.8 Å². The van der Waals surface area contributed by atoms with E-state index in [0.29, 0.717) is 30.4 Å². The number of carbonyl (C=O) groups excluding carboxylic acids is 2. The number of rotatable bonds is 8. The lowest BCUT2D eigenvalue weighted by molar-refractivity contribution is -0.121. The van der Waals surface area contributed by atoms with Crippen molar-refractivity contribution in [2.45, 2.75) is 32.7 Å². The van der Waals surface area contributed by atoms with Crippen molar-refractivity contribution in [2.75, 3.05) is 31.6 Å². The number of amides is 3. The number of ether oxygens (including phenoxy) is 2. The number of aromatic nitrogens is 1. The smallest absolute Gasteiger partial charge is 0.325 e. The van der Waals surface area contributed by atoms with E-state index < -0.39 is 6.03 Å². The van der Waals surface area contributed by atoms with Gasteiger partial charge in [-0.25, -0.2) is 4.79 Å². The Morgan fingerprint density at radius 2 is 1.90 bits per heavy atom. The molecule has 2 N–H and O–H groups in total. The second kappa shape index (κ2) is 10.2. The normalized spacial score (nSPS) is 16.3. The third-order valence-corrected chi connectivity index (χ3v) is 5.09. The minimum Gasteiger partial charge on any atom is -0.490 e. The summed E-state index contributed by atoms with van der Waals surface area (Å²) in [7, 11) is 2.01. The lowest BCUT2D eigenvalue weighted by Gasteiger charge is -2.24. The zero-order valence-corrected chi connectivity index (χ0v) is 17.8. The van der Waals surface area contributed by atoms with Crippen molar-refractivity contribution in [3.05, 3.63) is 42.2 Å². The van der Waals surface area contributed by atoms with E-state index >= 15 is 0 Å². The molecule has 1 aliphatic rings. The number of hydrogen-bond acceptors (Lipinski definition) is 5. The van der Waals surface area contributed by atoms with E-state index in [4.69, 9.17) is 9.47 Å². The molecule has 0 bridgehead atoms. The Hall–Kier alpha value is -3.00. The zero-order valence-electron chi connectivity index (χ0n) is 17.8.